The van der Waals surface area contributed by atoms with Crippen molar-refractivity contribution in [1.29, 1.82) is 0 Å². The molecular formula is C14H21FN2O2S. The number of nitrogens with zero attached hydrogens (tertiary/aromatic N) is 1. The van der Waals surface area contributed by atoms with Gasteiger partial charge in [0, 0.05) is 19.6 Å². The van der Waals surface area contributed by atoms with Gasteiger partial charge in [0.15, 0.2) is 0 Å². The number of rotatable bonds is 6. The van der Waals surface area contributed by atoms with E-state index in [1.165, 1.54) is 16.4 Å². The molecule has 0 bridgehead atoms. The first-order chi connectivity index (χ1) is 9.37. The van der Waals surface area contributed by atoms with Gasteiger partial charge in [-0.2, -0.15) is 4.31 Å². The van der Waals surface area contributed by atoms with Gasteiger partial charge < -0.3 is 5.32 Å². The van der Waals surface area contributed by atoms with Gasteiger partial charge in [0.25, 0.3) is 0 Å². The zero-order valence-electron chi connectivity index (χ0n) is 12.1. The Morgan fingerprint density at radius 1 is 1.45 bits per heavy atom. The fourth-order valence-corrected chi connectivity index (χ4v) is 4.01. The maximum absolute atomic E-state index is 13.4. The van der Waals surface area contributed by atoms with Crippen LogP contribution in [-0.4, -0.2) is 32.9 Å². The molecule has 6 heteroatoms. The molecule has 0 aromatic heterocycles. The summed E-state index contributed by atoms with van der Waals surface area (Å²) in [5.41, 5.74) is 0.587. The maximum atomic E-state index is 13.4. The van der Waals surface area contributed by atoms with E-state index in [9.17, 15) is 12.8 Å². The summed E-state index contributed by atoms with van der Waals surface area (Å²) < 4.78 is 40.2. The summed E-state index contributed by atoms with van der Waals surface area (Å²) in [6.45, 7) is 2.30. The van der Waals surface area contributed by atoms with Crippen molar-refractivity contribution in [3.63, 3.8) is 0 Å². The summed E-state index contributed by atoms with van der Waals surface area (Å²) in [6.07, 6.45) is 2.13. The van der Waals surface area contributed by atoms with Gasteiger partial charge in [0.1, 0.15) is 5.82 Å². The lowest BCUT2D eigenvalue weighted by Crippen LogP contribution is -2.37. The zero-order chi connectivity index (χ0) is 14.9. The lowest BCUT2D eigenvalue weighted by Gasteiger charge is -2.25. The van der Waals surface area contributed by atoms with Crippen LogP contribution in [0.4, 0.5) is 4.39 Å². The molecule has 0 amide bonds. The molecule has 1 N–H and O–H groups in total. The normalized spacial score (nSPS) is 17.4. The van der Waals surface area contributed by atoms with E-state index in [1.54, 1.807) is 14.1 Å². The van der Waals surface area contributed by atoms with E-state index >= 15 is 0 Å². The van der Waals surface area contributed by atoms with Gasteiger partial charge in [0.2, 0.25) is 10.0 Å². The second-order valence-corrected chi connectivity index (χ2v) is 7.35. The summed E-state index contributed by atoms with van der Waals surface area (Å²) in [5, 5.41) is 2.91. The highest BCUT2D eigenvalue weighted by molar-refractivity contribution is 7.89. The molecule has 0 heterocycles. The second-order valence-electron chi connectivity index (χ2n) is 5.38. The topological polar surface area (TPSA) is 49.4 Å². The predicted molar refractivity (Wildman–Crippen MR) is 76.3 cm³/mol. The molecule has 1 aliphatic rings. The molecule has 0 saturated heterocycles. The van der Waals surface area contributed by atoms with Gasteiger partial charge in [-0.25, -0.2) is 12.8 Å². The number of halogens is 1. The van der Waals surface area contributed by atoms with Crippen LogP contribution in [0.2, 0.25) is 0 Å². The molecule has 2 rings (SSSR count). The van der Waals surface area contributed by atoms with Crippen molar-refractivity contribution in [3.8, 4) is 0 Å². The molecule has 1 aromatic carbocycles. The number of hydrogen-bond acceptors (Lipinski definition) is 3. The van der Waals surface area contributed by atoms with Crippen LogP contribution < -0.4 is 5.32 Å². The molecule has 0 radical (unpaired) electrons. The summed E-state index contributed by atoms with van der Waals surface area (Å²) in [4.78, 5) is 0.0573. The molecule has 0 spiro atoms. The minimum Gasteiger partial charge on any atom is -0.316 e. The molecule has 1 aromatic rings. The van der Waals surface area contributed by atoms with Crippen LogP contribution in [-0.2, 0) is 16.6 Å². The Kier molecular flexibility index (Phi) is 4.46. The molecule has 20 heavy (non-hydrogen) atoms. The minimum absolute atomic E-state index is 0.0503. The number of hydrogen-bond donors (Lipinski definition) is 1. The lowest BCUT2D eigenvalue weighted by atomic mass is 10.2. The highest BCUT2D eigenvalue weighted by Gasteiger charge is 2.36. The van der Waals surface area contributed by atoms with Crippen LogP contribution in [0, 0.1) is 11.7 Å². The molecule has 1 atom stereocenters. The van der Waals surface area contributed by atoms with E-state index in [4.69, 9.17) is 0 Å². The third kappa shape index (κ3) is 3.02. The van der Waals surface area contributed by atoms with Crippen molar-refractivity contribution >= 4 is 10.0 Å². The van der Waals surface area contributed by atoms with Gasteiger partial charge in [-0.1, -0.05) is 6.07 Å². The Balaban J connectivity index is 2.39. The van der Waals surface area contributed by atoms with Crippen LogP contribution >= 0.6 is 0 Å². The maximum Gasteiger partial charge on any atom is 0.243 e. The lowest BCUT2D eigenvalue weighted by molar-refractivity contribution is 0.356. The molecule has 1 aliphatic carbocycles. The third-order valence-electron chi connectivity index (χ3n) is 3.93. The van der Waals surface area contributed by atoms with Gasteiger partial charge in [0.05, 0.1) is 4.90 Å². The Morgan fingerprint density at radius 3 is 2.65 bits per heavy atom. The van der Waals surface area contributed by atoms with E-state index in [0.717, 1.165) is 18.9 Å². The summed E-state index contributed by atoms with van der Waals surface area (Å²) in [7, 11) is -0.357. The number of nitrogens with one attached hydrogen (secondary N) is 1. The van der Waals surface area contributed by atoms with Crippen molar-refractivity contribution in [2.45, 2.75) is 37.2 Å². The molecule has 1 fully saturated rings. The van der Waals surface area contributed by atoms with E-state index in [-0.39, 0.29) is 10.9 Å². The molecule has 1 saturated carbocycles. The fourth-order valence-electron chi connectivity index (χ4n) is 2.35. The largest absolute Gasteiger partial charge is 0.316 e. The monoisotopic (exact) mass is 300 g/mol. The molecule has 1 unspecified atom stereocenters. The van der Waals surface area contributed by atoms with Gasteiger partial charge in [-0.3, -0.25) is 0 Å². The van der Waals surface area contributed by atoms with E-state index < -0.39 is 15.8 Å². The first-order valence-electron chi connectivity index (χ1n) is 6.79. The summed E-state index contributed by atoms with van der Waals surface area (Å²) in [6, 6.07) is 3.87. The first kappa shape index (κ1) is 15.4. The summed E-state index contributed by atoms with van der Waals surface area (Å²) >= 11 is 0. The van der Waals surface area contributed by atoms with E-state index in [2.05, 4.69) is 5.32 Å². The van der Waals surface area contributed by atoms with Crippen molar-refractivity contribution in [2.24, 2.45) is 5.92 Å². The number of benzene rings is 1. The van der Waals surface area contributed by atoms with Crippen molar-refractivity contribution in [3.05, 3.63) is 29.6 Å². The van der Waals surface area contributed by atoms with E-state index in [1.807, 2.05) is 6.92 Å². The fraction of sp³-hybridized carbons (Fsp3) is 0.571. The van der Waals surface area contributed by atoms with E-state index in [0.29, 0.717) is 18.0 Å². The van der Waals surface area contributed by atoms with Gasteiger partial charge in [-0.05, 0) is 50.4 Å². The molecule has 4 nitrogen and oxygen atoms in total. The molecule has 112 valence electrons. The first-order valence-corrected chi connectivity index (χ1v) is 8.23. The average molecular weight is 300 g/mol. The van der Waals surface area contributed by atoms with Crippen molar-refractivity contribution in [1.82, 2.24) is 9.62 Å². The SMILES string of the molecule is CNCc1ccc(F)cc1S(=O)(=O)N(C)C(C)C1CC1. The van der Waals surface area contributed by atoms with Gasteiger partial charge in [-0.15, -0.1) is 0 Å². The predicted octanol–water partition coefficient (Wildman–Crippen LogP) is 1.96. The van der Waals surface area contributed by atoms with Crippen molar-refractivity contribution < 1.29 is 12.8 Å². The quantitative estimate of drug-likeness (QED) is 0.874. The Morgan fingerprint density at radius 2 is 2.10 bits per heavy atom. The second kappa shape index (κ2) is 5.79. The Labute approximate surface area is 120 Å². The third-order valence-corrected chi connectivity index (χ3v) is 5.96. The number of sulfonamides is 1. The molecule has 0 aliphatic heterocycles. The van der Waals surface area contributed by atoms with Gasteiger partial charge >= 0.3 is 0 Å². The standard InChI is InChI=1S/C14H21FN2O2S/c1-10(11-4-5-11)17(3)20(18,19)14-8-13(15)7-6-12(14)9-16-2/h6-8,10-11,16H,4-5,9H2,1-3H3. The molecular weight excluding hydrogens is 279 g/mol. The Hall–Kier alpha value is -0.980. The van der Waals surface area contributed by atoms with Crippen LogP contribution in [0.1, 0.15) is 25.3 Å². The zero-order valence-corrected chi connectivity index (χ0v) is 12.9. The van der Waals surface area contributed by atoms with Crippen LogP contribution in [0.5, 0.6) is 0 Å². The minimum atomic E-state index is -3.67. The van der Waals surface area contributed by atoms with Crippen LogP contribution in [0.15, 0.2) is 23.1 Å². The van der Waals surface area contributed by atoms with Crippen LogP contribution in [0.3, 0.4) is 0 Å². The average Bonchev–Trinajstić information content (AvgIpc) is 3.23. The smallest absolute Gasteiger partial charge is 0.243 e. The Bertz CT molecular complexity index is 585. The summed E-state index contributed by atoms with van der Waals surface area (Å²) in [5.74, 6) is -0.105. The van der Waals surface area contributed by atoms with Crippen molar-refractivity contribution in [2.75, 3.05) is 14.1 Å². The highest BCUT2D eigenvalue weighted by atomic mass is 32.2. The highest BCUT2D eigenvalue weighted by Crippen LogP contribution is 2.36. The van der Waals surface area contributed by atoms with Crippen LogP contribution in [0.25, 0.3) is 0 Å².